The van der Waals surface area contributed by atoms with Gasteiger partial charge in [-0.3, -0.25) is 4.79 Å². The highest BCUT2D eigenvalue weighted by Crippen LogP contribution is 2.14. The number of carbonyl (C=O) groups is 1. The van der Waals surface area contributed by atoms with Gasteiger partial charge in [-0.05, 0) is 35.4 Å². The first-order valence-electron chi connectivity index (χ1n) is 6.74. The van der Waals surface area contributed by atoms with Crippen molar-refractivity contribution in [1.82, 2.24) is 5.32 Å². The van der Waals surface area contributed by atoms with Gasteiger partial charge in [0, 0.05) is 6.54 Å². The van der Waals surface area contributed by atoms with Gasteiger partial charge in [-0.25, -0.2) is 0 Å². The molecule has 2 rings (SSSR count). The number of methoxy groups -OCH3 is 2. The fourth-order valence-corrected chi connectivity index (χ4v) is 2.01. The monoisotopic (exact) mass is 285 g/mol. The van der Waals surface area contributed by atoms with Crippen LogP contribution in [0.5, 0.6) is 11.5 Å². The fourth-order valence-electron chi connectivity index (χ4n) is 2.01. The summed E-state index contributed by atoms with van der Waals surface area (Å²) in [6.45, 7) is 0.486. The third-order valence-corrected chi connectivity index (χ3v) is 3.12. The van der Waals surface area contributed by atoms with Crippen LogP contribution in [0.1, 0.15) is 11.1 Å². The summed E-state index contributed by atoms with van der Waals surface area (Å²) in [6, 6.07) is 15.2. The van der Waals surface area contributed by atoms with Crippen molar-refractivity contribution in [2.45, 2.75) is 13.0 Å². The Balaban J connectivity index is 1.89. The number of nitrogens with one attached hydrogen (secondary N) is 1. The van der Waals surface area contributed by atoms with Crippen LogP contribution in [0.4, 0.5) is 0 Å². The smallest absolute Gasteiger partial charge is 0.224 e. The summed E-state index contributed by atoms with van der Waals surface area (Å²) >= 11 is 0. The molecule has 0 atom stereocenters. The Morgan fingerprint density at radius 1 is 0.952 bits per heavy atom. The lowest BCUT2D eigenvalue weighted by Crippen LogP contribution is -2.24. The van der Waals surface area contributed by atoms with Crippen molar-refractivity contribution in [3.63, 3.8) is 0 Å². The molecule has 1 N–H and O–H groups in total. The average Bonchev–Trinajstić information content (AvgIpc) is 2.53. The van der Waals surface area contributed by atoms with E-state index in [1.54, 1.807) is 14.2 Å². The highest BCUT2D eigenvalue weighted by molar-refractivity contribution is 5.78. The zero-order valence-corrected chi connectivity index (χ0v) is 12.3. The van der Waals surface area contributed by atoms with Gasteiger partial charge in [0.2, 0.25) is 5.91 Å². The minimum absolute atomic E-state index is 0.0222. The molecule has 0 bridgehead atoms. The summed E-state index contributed by atoms with van der Waals surface area (Å²) < 4.78 is 10.3. The first-order chi connectivity index (χ1) is 10.2. The second kappa shape index (κ2) is 7.33. The predicted molar refractivity (Wildman–Crippen MR) is 81.5 cm³/mol. The largest absolute Gasteiger partial charge is 0.497 e. The van der Waals surface area contributed by atoms with Crippen molar-refractivity contribution >= 4 is 5.91 Å². The summed E-state index contributed by atoms with van der Waals surface area (Å²) in [7, 11) is 3.24. The van der Waals surface area contributed by atoms with E-state index in [0.717, 1.165) is 22.6 Å². The average molecular weight is 285 g/mol. The molecule has 0 aliphatic heterocycles. The topological polar surface area (TPSA) is 47.6 Å². The molecular weight excluding hydrogens is 266 g/mol. The Hall–Kier alpha value is -2.49. The lowest BCUT2D eigenvalue weighted by Gasteiger charge is -2.08. The van der Waals surface area contributed by atoms with E-state index in [1.165, 1.54) is 0 Å². The van der Waals surface area contributed by atoms with Crippen molar-refractivity contribution in [3.05, 3.63) is 59.7 Å². The van der Waals surface area contributed by atoms with Crippen LogP contribution in [0.25, 0.3) is 0 Å². The zero-order valence-electron chi connectivity index (χ0n) is 12.3. The van der Waals surface area contributed by atoms with E-state index in [4.69, 9.17) is 9.47 Å². The van der Waals surface area contributed by atoms with Crippen LogP contribution in [-0.2, 0) is 17.8 Å². The normalized spacial score (nSPS) is 10.0. The summed E-state index contributed by atoms with van der Waals surface area (Å²) in [5.74, 6) is 1.52. The maximum Gasteiger partial charge on any atom is 0.224 e. The molecule has 0 saturated carbocycles. The van der Waals surface area contributed by atoms with Crippen molar-refractivity contribution in [2.24, 2.45) is 0 Å². The molecule has 0 aliphatic rings. The molecular formula is C17H19NO3. The van der Waals surface area contributed by atoms with Crippen LogP contribution < -0.4 is 14.8 Å². The van der Waals surface area contributed by atoms with Gasteiger partial charge < -0.3 is 14.8 Å². The van der Waals surface area contributed by atoms with Gasteiger partial charge in [-0.15, -0.1) is 0 Å². The molecule has 0 unspecified atom stereocenters. The molecule has 1 amide bonds. The van der Waals surface area contributed by atoms with Gasteiger partial charge in [-0.1, -0.05) is 24.3 Å². The number of benzene rings is 2. The first kappa shape index (κ1) is 14.9. The molecule has 4 nitrogen and oxygen atoms in total. The molecule has 2 aromatic rings. The van der Waals surface area contributed by atoms with E-state index in [9.17, 15) is 4.79 Å². The van der Waals surface area contributed by atoms with Crippen LogP contribution in [-0.4, -0.2) is 20.1 Å². The predicted octanol–water partition coefficient (Wildman–Crippen LogP) is 2.56. The maximum absolute atomic E-state index is 12.0. The highest BCUT2D eigenvalue weighted by atomic mass is 16.5. The number of hydrogen-bond donors (Lipinski definition) is 1. The summed E-state index contributed by atoms with van der Waals surface area (Å²) in [6.07, 6.45) is 0.334. The summed E-state index contributed by atoms with van der Waals surface area (Å²) in [4.78, 5) is 12.0. The van der Waals surface area contributed by atoms with Gasteiger partial charge in [0.1, 0.15) is 11.5 Å². The minimum atomic E-state index is -0.0222. The standard InChI is InChI=1S/C17H19NO3/c1-20-15-7-3-5-13(9-15)11-17(19)18-12-14-6-4-8-16(10-14)21-2/h3-10H,11-12H2,1-2H3,(H,18,19). The lowest BCUT2D eigenvalue weighted by atomic mass is 10.1. The molecule has 110 valence electrons. The SMILES string of the molecule is COc1cccc(CNC(=O)Cc2cccc(OC)c2)c1. The number of carbonyl (C=O) groups excluding carboxylic acids is 1. The van der Waals surface area contributed by atoms with Gasteiger partial charge in [0.25, 0.3) is 0 Å². The molecule has 4 heteroatoms. The van der Waals surface area contributed by atoms with E-state index in [2.05, 4.69) is 5.32 Å². The Kier molecular flexibility index (Phi) is 5.21. The van der Waals surface area contributed by atoms with Crippen LogP contribution in [0.3, 0.4) is 0 Å². The van der Waals surface area contributed by atoms with Crippen LogP contribution in [0.2, 0.25) is 0 Å². The minimum Gasteiger partial charge on any atom is -0.497 e. The van der Waals surface area contributed by atoms with Gasteiger partial charge in [-0.2, -0.15) is 0 Å². The van der Waals surface area contributed by atoms with Crippen molar-refractivity contribution in [2.75, 3.05) is 14.2 Å². The molecule has 2 aromatic carbocycles. The Labute approximate surface area is 124 Å². The molecule has 0 heterocycles. The van der Waals surface area contributed by atoms with Crippen molar-refractivity contribution < 1.29 is 14.3 Å². The van der Waals surface area contributed by atoms with Crippen LogP contribution >= 0.6 is 0 Å². The van der Waals surface area contributed by atoms with Crippen molar-refractivity contribution in [1.29, 1.82) is 0 Å². The molecule has 0 aromatic heterocycles. The zero-order chi connectivity index (χ0) is 15.1. The van der Waals surface area contributed by atoms with Gasteiger partial charge in [0.05, 0.1) is 20.6 Å². The number of rotatable bonds is 6. The molecule has 0 saturated heterocycles. The summed E-state index contributed by atoms with van der Waals surface area (Å²) in [5, 5.41) is 2.90. The molecule has 0 radical (unpaired) electrons. The Morgan fingerprint density at radius 3 is 2.14 bits per heavy atom. The van der Waals surface area contributed by atoms with E-state index in [-0.39, 0.29) is 5.91 Å². The van der Waals surface area contributed by atoms with Crippen LogP contribution in [0.15, 0.2) is 48.5 Å². The summed E-state index contributed by atoms with van der Waals surface area (Å²) in [5.41, 5.74) is 1.94. The molecule has 0 spiro atoms. The van der Waals surface area contributed by atoms with Gasteiger partial charge in [0.15, 0.2) is 0 Å². The second-order valence-corrected chi connectivity index (χ2v) is 4.66. The van der Waals surface area contributed by atoms with E-state index in [1.807, 2.05) is 48.5 Å². The number of hydrogen-bond acceptors (Lipinski definition) is 3. The van der Waals surface area contributed by atoms with Gasteiger partial charge >= 0.3 is 0 Å². The van der Waals surface area contributed by atoms with Crippen molar-refractivity contribution in [3.8, 4) is 11.5 Å². The third kappa shape index (κ3) is 4.53. The first-order valence-corrected chi connectivity index (χ1v) is 6.74. The Morgan fingerprint density at radius 2 is 1.52 bits per heavy atom. The van der Waals surface area contributed by atoms with E-state index >= 15 is 0 Å². The van der Waals surface area contributed by atoms with Crippen LogP contribution in [0, 0.1) is 0 Å². The lowest BCUT2D eigenvalue weighted by molar-refractivity contribution is -0.120. The maximum atomic E-state index is 12.0. The van der Waals surface area contributed by atoms with E-state index < -0.39 is 0 Å². The quantitative estimate of drug-likeness (QED) is 0.887. The molecule has 21 heavy (non-hydrogen) atoms. The second-order valence-electron chi connectivity index (χ2n) is 4.66. The van der Waals surface area contributed by atoms with E-state index in [0.29, 0.717) is 13.0 Å². The third-order valence-electron chi connectivity index (χ3n) is 3.12. The fraction of sp³-hybridized carbons (Fsp3) is 0.235. The highest BCUT2D eigenvalue weighted by Gasteiger charge is 2.05. The number of amides is 1. The number of ether oxygens (including phenoxy) is 2. The molecule has 0 fully saturated rings. The Bertz CT molecular complexity index is 610. The molecule has 0 aliphatic carbocycles.